The van der Waals surface area contributed by atoms with Crippen molar-refractivity contribution in [2.45, 2.75) is 31.6 Å². The van der Waals surface area contributed by atoms with Crippen LogP contribution in [0.5, 0.6) is 0 Å². The number of carboxylic acids is 1. The number of rotatable bonds is 8. The van der Waals surface area contributed by atoms with E-state index in [0.717, 1.165) is 0 Å². The van der Waals surface area contributed by atoms with Crippen LogP contribution in [0.2, 0.25) is 5.02 Å². The Balaban J connectivity index is 3.32. The van der Waals surface area contributed by atoms with Crippen LogP contribution in [0.1, 0.15) is 31.7 Å². The predicted molar refractivity (Wildman–Crippen MR) is 81.4 cm³/mol. The zero-order chi connectivity index (χ0) is 15.9. The normalized spacial score (nSPS) is 13.2. The number of unbranched alkanes of at least 4 members (excludes halogenated alkanes) is 1. The highest BCUT2D eigenvalue weighted by Gasteiger charge is 2.48. The van der Waals surface area contributed by atoms with Gasteiger partial charge >= 0.3 is 11.9 Å². The van der Waals surface area contributed by atoms with Gasteiger partial charge in [0.25, 0.3) is 0 Å². The Bertz CT molecular complexity index is 527. The van der Waals surface area contributed by atoms with Crippen molar-refractivity contribution in [3.8, 4) is 0 Å². The molecular formula is C16H19ClO4. The van der Waals surface area contributed by atoms with Gasteiger partial charge in [-0.3, -0.25) is 9.59 Å². The van der Waals surface area contributed by atoms with Crippen LogP contribution in [-0.4, -0.2) is 23.7 Å². The first-order valence-corrected chi connectivity index (χ1v) is 7.14. The Labute approximate surface area is 129 Å². The number of carbonyl (C=O) groups is 2. The minimum Gasteiger partial charge on any atom is -0.480 e. The summed E-state index contributed by atoms with van der Waals surface area (Å²) in [6, 6.07) is 6.35. The molecule has 0 aliphatic rings. The van der Waals surface area contributed by atoms with E-state index in [1.807, 2.05) is 0 Å². The number of hydrogen-bond donors (Lipinski definition) is 1. The minimum atomic E-state index is -1.73. The number of carbonyl (C=O) groups excluding carboxylic acids is 1. The summed E-state index contributed by atoms with van der Waals surface area (Å²) in [5, 5.41) is 10.1. The first-order valence-electron chi connectivity index (χ1n) is 6.76. The van der Waals surface area contributed by atoms with E-state index in [-0.39, 0.29) is 13.0 Å². The first-order chi connectivity index (χ1) is 9.98. The average Bonchev–Trinajstić information content (AvgIpc) is 2.43. The average molecular weight is 311 g/mol. The van der Waals surface area contributed by atoms with E-state index in [2.05, 4.69) is 6.58 Å². The molecule has 1 N–H and O–H groups in total. The molecule has 0 aliphatic carbocycles. The lowest BCUT2D eigenvalue weighted by atomic mass is 9.76. The second-order valence-corrected chi connectivity index (χ2v) is 5.06. The van der Waals surface area contributed by atoms with Gasteiger partial charge < -0.3 is 9.84 Å². The molecule has 1 aromatic carbocycles. The summed E-state index contributed by atoms with van der Waals surface area (Å²) in [5.41, 5.74) is -1.39. The van der Waals surface area contributed by atoms with Crippen LogP contribution in [0.15, 0.2) is 36.9 Å². The zero-order valence-corrected chi connectivity index (χ0v) is 12.7. The van der Waals surface area contributed by atoms with E-state index in [1.54, 1.807) is 31.2 Å². The third kappa shape index (κ3) is 3.85. The van der Waals surface area contributed by atoms with Gasteiger partial charge in [0.2, 0.25) is 0 Å². The topological polar surface area (TPSA) is 63.6 Å². The van der Waals surface area contributed by atoms with Crippen molar-refractivity contribution in [2.24, 2.45) is 0 Å². The smallest absolute Gasteiger partial charge is 0.328 e. The lowest BCUT2D eigenvalue weighted by Gasteiger charge is -2.27. The lowest BCUT2D eigenvalue weighted by molar-refractivity contribution is -0.162. The van der Waals surface area contributed by atoms with Gasteiger partial charge in [-0.05, 0) is 43.9 Å². The van der Waals surface area contributed by atoms with Crippen LogP contribution in [0.4, 0.5) is 0 Å². The molecule has 4 nitrogen and oxygen atoms in total. The third-order valence-corrected chi connectivity index (χ3v) is 3.50. The van der Waals surface area contributed by atoms with Crippen molar-refractivity contribution in [3.63, 3.8) is 0 Å². The monoisotopic (exact) mass is 310 g/mol. The number of allylic oxidation sites excluding steroid dienone is 1. The molecule has 1 atom stereocenters. The SMILES string of the molecule is C=CCCCC(C(=O)O)(C(=O)OCC)c1cccc(Cl)c1. The van der Waals surface area contributed by atoms with E-state index >= 15 is 0 Å². The molecule has 0 saturated carbocycles. The largest absolute Gasteiger partial charge is 0.480 e. The van der Waals surface area contributed by atoms with E-state index < -0.39 is 17.4 Å². The van der Waals surface area contributed by atoms with Crippen molar-refractivity contribution in [1.82, 2.24) is 0 Å². The van der Waals surface area contributed by atoms with Gasteiger partial charge in [-0.25, -0.2) is 0 Å². The molecule has 0 bridgehead atoms. The maximum Gasteiger partial charge on any atom is 0.328 e. The van der Waals surface area contributed by atoms with Crippen LogP contribution >= 0.6 is 11.6 Å². The van der Waals surface area contributed by atoms with Crippen LogP contribution in [0.25, 0.3) is 0 Å². The van der Waals surface area contributed by atoms with Crippen molar-refractivity contribution in [3.05, 3.63) is 47.5 Å². The van der Waals surface area contributed by atoms with Gasteiger partial charge in [0.05, 0.1) is 6.61 Å². The van der Waals surface area contributed by atoms with Crippen LogP contribution in [0.3, 0.4) is 0 Å². The van der Waals surface area contributed by atoms with Gasteiger partial charge in [0.1, 0.15) is 0 Å². The van der Waals surface area contributed by atoms with Crippen LogP contribution in [0, 0.1) is 0 Å². The van der Waals surface area contributed by atoms with Crippen LogP contribution in [-0.2, 0) is 19.7 Å². The van der Waals surface area contributed by atoms with Gasteiger partial charge in [0.15, 0.2) is 5.41 Å². The Morgan fingerprint density at radius 1 is 1.48 bits per heavy atom. The number of hydrogen-bond acceptors (Lipinski definition) is 3. The molecule has 1 unspecified atom stereocenters. The molecule has 21 heavy (non-hydrogen) atoms. The summed E-state index contributed by atoms with van der Waals surface area (Å²) in [6.45, 7) is 5.37. The minimum absolute atomic E-state index is 0.121. The fourth-order valence-corrected chi connectivity index (χ4v) is 2.39. The number of carboxylic acid groups (broad SMARTS) is 1. The molecule has 0 spiro atoms. The number of benzene rings is 1. The molecule has 0 fully saturated rings. The van der Waals surface area contributed by atoms with Gasteiger partial charge in [0, 0.05) is 5.02 Å². The van der Waals surface area contributed by atoms with Gasteiger partial charge in [-0.1, -0.05) is 29.8 Å². The molecule has 0 radical (unpaired) electrons. The highest BCUT2D eigenvalue weighted by Crippen LogP contribution is 2.33. The highest BCUT2D eigenvalue weighted by atomic mass is 35.5. The Kier molecular flexibility index (Phi) is 6.43. The molecule has 114 valence electrons. The summed E-state index contributed by atoms with van der Waals surface area (Å²) in [7, 11) is 0. The van der Waals surface area contributed by atoms with Crippen molar-refractivity contribution < 1.29 is 19.4 Å². The van der Waals surface area contributed by atoms with Crippen molar-refractivity contribution in [2.75, 3.05) is 6.61 Å². The molecule has 0 aliphatic heterocycles. The standard InChI is InChI=1S/C16H19ClO4/c1-3-5-6-10-16(14(18)19,15(20)21-4-2)12-8-7-9-13(17)11-12/h3,7-9,11H,1,4-6,10H2,2H3,(H,18,19). The molecular weight excluding hydrogens is 292 g/mol. The fourth-order valence-electron chi connectivity index (χ4n) is 2.20. The highest BCUT2D eigenvalue weighted by molar-refractivity contribution is 6.30. The molecule has 0 saturated heterocycles. The van der Waals surface area contributed by atoms with E-state index in [9.17, 15) is 14.7 Å². The quantitative estimate of drug-likeness (QED) is 0.345. The maximum absolute atomic E-state index is 12.3. The summed E-state index contributed by atoms with van der Waals surface area (Å²) in [4.78, 5) is 24.2. The number of ether oxygens (including phenoxy) is 1. The third-order valence-electron chi connectivity index (χ3n) is 3.27. The Morgan fingerprint density at radius 3 is 2.71 bits per heavy atom. The summed E-state index contributed by atoms with van der Waals surface area (Å²) < 4.78 is 5.00. The molecule has 1 aromatic rings. The second kappa shape index (κ2) is 7.84. The number of aliphatic carboxylic acids is 1. The first kappa shape index (κ1) is 17.2. The van der Waals surface area contributed by atoms with Crippen LogP contribution < -0.4 is 0 Å². The Hall–Kier alpha value is -1.81. The molecule has 5 heteroatoms. The molecule has 1 rings (SSSR count). The predicted octanol–water partition coefficient (Wildman–Crippen LogP) is 3.58. The molecule has 0 aromatic heterocycles. The van der Waals surface area contributed by atoms with Gasteiger partial charge in [-0.15, -0.1) is 6.58 Å². The number of esters is 1. The molecule has 0 amide bonds. The maximum atomic E-state index is 12.3. The van der Waals surface area contributed by atoms with E-state index in [1.165, 1.54) is 6.07 Å². The molecule has 0 heterocycles. The lowest BCUT2D eigenvalue weighted by Crippen LogP contribution is -2.45. The van der Waals surface area contributed by atoms with E-state index in [4.69, 9.17) is 16.3 Å². The summed E-state index contributed by atoms with van der Waals surface area (Å²) in [6.07, 6.45) is 2.96. The van der Waals surface area contributed by atoms with E-state index in [0.29, 0.717) is 23.4 Å². The number of halogens is 1. The fraction of sp³-hybridized carbons (Fsp3) is 0.375. The summed E-state index contributed by atoms with van der Waals surface area (Å²) in [5.74, 6) is -1.99. The van der Waals surface area contributed by atoms with Crippen molar-refractivity contribution in [1.29, 1.82) is 0 Å². The van der Waals surface area contributed by atoms with Crippen molar-refractivity contribution >= 4 is 23.5 Å². The zero-order valence-electron chi connectivity index (χ0n) is 12.0. The Morgan fingerprint density at radius 2 is 2.19 bits per heavy atom. The second-order valence-electron chi connectivity index (χ2n) is 4.62. The van der Waals surface area contributed by atoms with Gasteiger partial charge in [-0.2, -0.15) is 0 Å². The summed E-state index contributed by atoms with van der Waals surface area (Å²) >= 11 is 5.94.